The predicted octanol–water partition coefficient (Wildman–Crippen LogP) is 3.78. The molecule has 6 heteroatoms. The minimum Gasteiger partial charge on any atom is -0.397 e. The topological polar surface area (TPSA) is 68.0 Å². The number of rotatable bonds is 2. The Hall–Kier alpha value is -2.11. The third-order valence-corrected chi connectivity index (χ3v) is 4.31. The number of nitrogen functional groups attached to an aromatic ring is 1. The van der Waals surface area contributed by atoms with E-state index >= 15 is 0 Å². The normalized spacial score (nSPS) is 10.7. The Balaban J connectivity index is 2.00. The van der Waals surface area contributed by atoms with Gasteiger partial charge in [-0.05, 0) is 24.3 Å². The quantitative estimate of drug-likeness (QED) is 0.757. The molecule has 0 unspecified atom stereocenters. The number of anilines is 2. The number of carbonyl (C=O) groups is 1. The molecule has 1 amide bonds. The number of nitrogens with one attached hydrogen (secondary N) is 1. The summed E-state index contributed by atoms with van der Waals surface area (Å²) in [6.45, 7) is 0. The van der Waals surface area contributed by atoms with Gasteiger partial charge in [0.1, 0.15) is 4.88 Å². The minimum atomic E-state index is -0.257. The van der Waals surface area contributed by atoms with Crippen molar-refractivity contribution in [2.75, 3.05) is 11.1 Å². The molecule has 3 N–H and O–H groups in total. The number of thiophene rings is 1. The van der Waals surface area contributed by atoms with E-state index in [9.17, 15) is 4.79 Å². The largest absolute Gasteiger partial charge is 0.397 e. The molecule has 4 nitrogen and oxygen atoms in total. The first kappa shape index (κ1) is 12.9. The molecule has 0 saturated heterocycles. The van der Waals surface area contributed by atoms with Crippen LogP contribution in [0.1, 0.15) is 9.67 Å². The molecular formula is C14H10ClN3OS. The van der Waals surface area contributed by atoms with Crippen molar-refractivity contribution in [2.45, 2.75) is 0 Å². The maximum absolute atomic E-state index is 12.3. The lowest BCUT2D eigenvalue weighted by Crippen LogP contribution is -2.11. The molecule has 100 valence electrons. The zero-order valence-corrected chi connectivity index (χ0v) is 11.8. The number of carbonyl (C=O) groups excluding carboxylic acids is 1. The zero-order valence-electron chi connectivity index (χ0n) is 10.3. The molecule has 0 aliphatic carbocycles. The van der Waals surface area contributed by atoms with E-state index in [2.05, 4.69) is 10.3 Å². The summed E-state index contributed by atoms with van der Waals surface area (Å²) in [6, 6.07) is 9.00. The molecule has 0 spiro atoms. The first-order valence-electron chi connectivity index (χ1n) is 5.84. The number of nitrogens with two attached hydrogens (primary N) is 1. The predicted molar refractivity (Wildman–Crippen MR) is 83.4 cm³/mol. The van der Waals surface area contributed by atoms with Crippen LogP contribution in [0.5, 0.6) is 0 Å². The molecule has 0 radical (unpaired) electrons. The monoisotopic (exact) mass is 303 g/mol. The van der Waals surface area contributed by atoms with Crippen LogP contribution in [0.25, 0.3) is 10.1 Å². The van der Waals surface area contributed by atoms with Gasteiger partial charge in [0.25, 0.3) is 5.91 Å². The lowest BCUT2D eigenvalue weighted by Gasteiger charge is -2.03. The standard InChI is InChI=1S/C14H10ClN3OS/c15-9-4-1-5-10-11(9)12(16)13(20-10)14(19)18-8-3-2-6-17-7-8/h1-7H,16H2,(H,18,19). The van der Waals surface area contributed by atoms with Gasteiger partial charge in [-0.1, -0.05) is 17.7 Å². The molecule has 0 aliphatic heterocycles. The number of nitrogens with zero attached hydrogens (tertiary/aromatic N) is 1. The van der Waals surface area contributed by atoms with Crippen LogP contribution < -0.4 is 11.1 Å². The number of aromatic nitrogens is 1. The third kappa shape index (κ3) is 2.21. The van der Waals surface area contributed by atoms with Crippen molar-refractivity contribution in [2.24, 2.45) is 0 Å². The van der Waals surface area contributed by atoms with Crippen molar-refractivity contribution in [1.29, 1.82) is 0 Å². The number of hydrogen-bond acceptors (Lipinski definition) is 4. The second-order valence-corrected chi connectivity index (χ2v) is 5.61. The second kappa shape index (κ2) is 5.11. The highest BCUT2D eigenvalue weighted by molar-refractivity contribution is 7.21. The Labute approximate surface area is 124 Å². The number of amides is 1. The van der Waals surface area contributed by atoms with Crippen molar-refractivity contribution in [3.05, 3.63) is 52.6 Å². The van der Waals surface area contributed by atoms with Crippen LogP contribution in [-0.2, 0) is 0 Å². The van der Waals surface area contributed by atoms with Gasteiger partial charge in [0.15, 0.2) is 0 Å². The Morgan fingerprint density at radius 3 is 2.85 bits per heavy atom. The van der Waals surface area contributed by atoms with Crippen LogP contribution in [-0.4, -0.2) is 10.9 Å². The van der Waals surface area contributed by atoms with Crippen LogP contribution in [0.15, 0.2) is 42.7 Å². The molecule has 2 heterocycles. The maximum Gasteiger partial charge on any atom is 0.267 e. The van der Waals surface area contributed by atoms with E-state index in [0.717, 1.165) is 10.1 Å². The molecule has 0 saturated carbocycles. The number of hydrogen-bond donors (Lipinski definition) is 2. The Morgan fingerprint density at radius 2 is 2.15 bits per heavy atom. The molecule has 2 aromatic heterocycles. The van der Waals surface area contributed by atoms with Gasteiger partial charge in [-0.3, -0.25) is 9.78 Å². The smallest absolute Gasteiger partial charge is 0.267 e. The highest BCUT2D eigenvalue weighted by Crippen LogP contribution is 2.38. The molecule has 1 aromatic carbocycles. The van der Waals surface area contributed by atoms with Crippen molar-refractivity contribution in [3.8, 4) is 0 Å². The summed E-state index contributed by atoms with van der Waals surface area (Å²) in [5.41, 5.74) is 7.08. The van der Waals surface area contributed by atoms with E-state index in [1.165, 1.54) is 11.3 Å². The maximum atomic E-state index is 12.3. The van der Waals surface area contributed by atoms with Crippen LogP contribution >= 0.6 is 22.9 Å². The van der Waals surface area contributed by atoms with E-state index in [4.69, 9.17) is 17.3 Å². The van der Waals surface area contributed by atoms with E-state index in [1.807, 2.05) is 12.1 Å². The summed E-state index contributed by atoms with van der Waals surface area (Å²) in [6.07, 6.45) is 3.22. The summed E-state index contributed by atoms with van der Waals surface area (Å²) in [5.74, 6) is -0.257. The molecule has 0 bridgehead atoms. The number of benzene rings is 1. The summed E-state index contributed by atoms with van der Waals surface area (Å²) in [5, 5.41) is 4.05. The average Bonchev–Trinajstić information content (AvgIpc) is 2.79. The summed E-state index contributed by atoms with van der Waals surface area (Å²) in [7, 11) is 0. The van der Waals surface area contributed by atoms with Crippen molar-refractivity contribution >= 4 is 50.3 Å². The van der Waals surface area contributed by atoms with Gasteiger partial charge in [0.2, 0.25) is 0 Å². The van der Waals surface area contributed by atoms with Gasteiger partial charge < -0.3 is 11.1 Å². The summed E-state index contributed by atoms with van der Waals surface area (Å²) >= 11 is 7.45. The zero-order chi connectivity index (χ0) is 14.1. The van der Waals surface area contributed by atoms with Gasteiger partial charge in [-0.25, -0.2) is 0 Å². The Kier molecular flexibility index (Phi) is 3.30. The molecular weight excluding hydrogens is 294 g/mol. The van der Waals surface area contributed by atoms with E-state index < -0.39 is 0 Å². The lowest BCUT2D eigenvalue weighted by atomic mass is 10.2. The van der Waals surface area contributed by atoms with E-state index in [0.29, 0.717) is 21.3 Å². The fraction of sp³-hybridized carbons (Fsp3) is 0. The lowest BCUT2D eigenvalue weighted by molar-refractivity contribution is 0.103. The van der Waals surface area contributed by atoms with Gasteiger partial charge in [0.05, 0.1) is 22.6 Å². The fourth-order valence-corrected chi connectivity index (χ4v) is 3.30. The minimum absolute atomic E-state index is 0.257. The molecule has 3 rings (SSSR count). The van der Waals surface area contributed by atoms with Gasteiger partial charge in [-0.2, -0.15) is 0 Å². The summed E-state index contributed by atoms with van der Waals surface area (Å²) < 4.78 is 0.895. The van der Waals surface area contributed by atoms with Crippen molar-refractivity contribution in [3.63, 3.8) is 0 Å². The highest BCUT2D eigenvalue weighted by Gasteiger charge is 2.18. The Morgan fingerprint density at radius 1 is 1.30 bits per heavy atom. The molecule has 0 fully saturated rings. The van der Waals surface area contributed by atoms with Crippen LogP contribution in [0.4, 0.5) is 11.4 Å². The second-order valence-electron chi connectivity index (χ2n) is 4.15. The van der Waals surface area contributed by atoms with Crippen LogP contribution in [0, 0.1) is 0 Å². The van der Waals surface area contributed by atoms with E-state index in [-0.39, 0.29) is 5.91 Å². The first-order chi connectivity index (χ1) is 9.66. The molecule has 20 heavy (non-hydrogen) atoms. The van der Waals surface area contributed by atoms with Crippen molar-refractivity contribution in [1.82, 2.24) is 4.98 Å². The third-order valence-electron chi connectivity index (χ3n) is 2.83. The SMILES string of the molecule is Nc1c(C(=O)Nc2cccnc2)sc2cccc(Cl)c12. The summed E-state index contributed by atoms with van der Waals surface area (Å²) in [4.78, 5) is 16.7. The first-order valence-corrected chi connectivity index (χ1v) is 7.04. The van der Waals surface area contributed by atoms with Gasteiger partial charge in [-0.15, -0.1) is 11.3 Å². The van der Waals surface area contributed by atoms with Crippen LogP contribution in [0.3, 0.4) is 0 Å². The molecule has 3 aromatic rings. The number of halogens is 1. The average molecular weight is 304 g/mol. The highest BCUT2D eigenvalue weighted by atomic mass is 35.5. The van der Waals surface area contributed by atoms with Crippen molar-refractivity contribution < 1.29 is 4.79 Å². The van der Waals surface area contributed by atoms with Gasteiger partial charge >= 0.3 is 0 Å². The Bertz CT molecular complexity index is 786. The molecule has 0 atom stereocenters. The fourth-order valence-electron chi connectivity index (χ4n) is 1.92. The number of fused-ring (bicyclic) bond motifs is 1. The van der Waals surface area contributed by atoms with E-state index in [1.54, 1.807) is 30.6 Å². The number of pyridine rings is 1. The van der Waals surface area contributed by atoms with Gasteiger partial charge in [0, 0.05) is 16.3 Å². The molecule has 0 aliphatic rings. The van der Waals surface area contributed by atoms with Crippen LogP contribution in [0.2, 0.25) is 5.02 Å².